The van der Waals surface area contributed by atoms with E-state index in [1.165, 1.54) is 12.8 Å². The van der Waals surface area contributed by atoms with Crippen molar-refractivity contribution < 1.29 is 9.21 Å². The number of para-hydroxylation sites is 1. The quantitative estimate of drug-likeness (QED) is 0.927. The Morgan fingerprint density at radius 3 is 2.71 bits per heavy atom. The summed E-state index contributed by atoms with van der Waals surface area (Å²) in [7, 11) is 1.90. The maximum Gasteiger partial charge on any atom is 0.223 e. The van der Waals surface area contributed by atoms with E-state index in [0.29, 0.717) is 24.4 Å². The van der Waals surface area contributed by atoms with Crippen molar-refractivity contribution in [2.24, 2.45) is 5.92 Å². The van der Waals surface area contributed by atoms with Crippen LogP contribution in [0.3, 0.4) is 0 Å². The van der Waals surface area contributed by atoms with Crippen LogP contribution in [0.15, 0.2) is 34.7 Å². The Labute approximate surface area is 143 Å². The van der Waals surface area contributed by atoms with E-state index >= 15 is 0 Å². The number of nitrogens with one attached hydrogen (secondary N) is 1. The summed E-state index contributed by atoms with van der Waals surface area (Å²) in [5, 5.41) is 4.74. The van der Waals surface area contributed by atoms with Crippen molar-refractivity contribution in [3.63, 3.8) is 0 Å². The van der Waals surface area contributed by atoms with E-state index in [4.69, 9.17) is 4.42 Å². The van der Waals surface area contributed by atoms with Gasteiger partial charge in [-0.15, -0.1) is 0 Å². The van der Waals surface area contributed by atoms with Gasteiger partial charge in [0.1, 0.15) is 11.3 Å². The predicted octanol–water partition coefficient (Wildman–Crippen LogP) is 3.87. The lowest BCUT2D eigenvalue weighted by Gasteiger charge is -2.31. The molecule has 4 heteroatoms. The highest BCUT2D eigenvalue weighted by Gasteiger charge is 2.35. The normalized spacial score (nSPS) is 27.3. The summed E-state index contributed by atoms with van der Waals surface area (Å²) < 4.78 is 5.93. The first kappa shape index (κ1) is 15.7. The standard InChI is InChI=1S/C20H26N2O2/c1-13(19-12-15-5-3-4-6-18(15)24-19)22(2)20(23)11-14-9-16-7-8-17(10-14)21-16/h3-6,12-14,16-17,21H,7-11H2,1-2H3. The number of hydrogen-bond donors (Lipinski definition) is 1. The number of fused-ring (bicyclic) bond motifs is 3. The Morgan fingerprint density at radius 2 is 2.00 bits per heavy atom. The molecule has 128 valence electrons. The topological polar surface area (TPSA) is 45.5 Å². The molecule has 0 saturated carbocycles. The van der Waals surface area contributed by atoms with Gasteiger partial charge in [-0.05, 0) is 50.7 Å². The van der Waals surface area contributed by atoms with Crippen molar-refractivity contribution in [3.8, 4) is 0 Å². The van der Waals surface area contributed by atoms with E-state index in [1.807, 2.05) is 43.1 Å². The number of carbonyl (C=O) groups excluding carboxylic acids is 1. The van der Waals surface area contributed by atoms with Gasteiger partial charge in [-0.2, -0.15) is 0 Å². The molecule has 2 aliphatic heterocycles. The minimum atomic E-state index is -0.0386. The number of carbonyl (C=O) groups is 1. The van der Waals surface area contributed by atoms with Crippen LogP contribution in [0.1, 0.15) is 50.8 Å². The third kappa shape index (κ3) is 2.95. The summed E-state index contributed by atoms with van der Waals surface area (Å²) in [6.07, 6.45) is 5.51. The Hall–Kier alpha value is -1.81. The molecule has 2 bridgehead atoms. The van der Waals surface area contributed by atoms with Gasteiger partial charge in [-0.25, -0.2) is 0 Å². The van der Waals surface area contributed by atoms with Crippen molar-refractivity contribution >= 4 is 16.9 Å². The SMILES string of the molecule is CC(c1cc2ccccc2o1)N(C)C(=O)CC1CC2CCC(C1)N2. The molecule has 1 N–H and O–H groups in total. The fourth-order valence-electron chi connectivity index (χ4n) is 4.35. The number of piperidine rings is 1. The molecule has 2 aliphatic rings. The Kier molecular flexibility index (Phi) is 4.09. The summed E-state index contributed by atoms with van der Waals surface area (Å²) in [5.74, 6) is 1.62. The van der Waals surface area contributed by atoms with E-state index in [-0.39, 0.29) is 11.9 Å². The zero-order valence-electron chi connectivity index (χ0n) is 14.5. The molecule has 3 unspecified atom stereocenters. The average Bonchev–Trinajstić information content (AvgIpc) is 3.16. The molecule has 1 amide bonds. The maximum absolute atomic E-state index is 12.7. The molecular formula is C20H26N2O2. The van der Waals surface area contributed by atoms with E-state index in [1.54, 1.807) is 0 Å². The fourth-order valence-corrected chi connectivity index (χ4v) is 4.35. The largest absolute Gasteiger partial charge is 0.459 e. The third-order valence-electron chi connectivity index (χ3n) is 5.86. The fraction of sp³-hybridized carbons (Fsp3) is 0.550. The predicted molar refractivity (Wildman–Crippen MR) is 94.7 cm³/mol. The first-order valence-corrected chi connectivity index (χ1v) is 9.10. The van der Waals surface area contributed by atoms with Crippen molar-refractivity contribution in [2.45, 2.75) is 57.2 Å². The van der Waals surface area contributed by atoms with E-state index in [0.717, 1.165) is 29.6 Å². The maximum atomic E-state index is 12.7. The van der Waals surface area contributed by atoms with Crippen molar-refractivity contribution in [2.75, 3.05) is 7.05 Å². The lowest BCUT2D eigenvalue weighted by Crippen LogP contribution is -2.40. The van der Waals surface area contributed by atoms with Gasteiger partial charge >= 0.3 is 0 Å². The van der Waals surface area contributed by atoms with Gasteiger partial charge in [0.2, 0.25) is 5.91 Å². The number of benzene rings is 1. The van der Waals surface area contributed by atoms with E-state index in [9.17, 15) is 4.79 Å². The van der Waals surface area contributed by atoms with Crippen LogP contribution in [0, 0.1) is 5.92 Å². The molecule has 0 spiro atoms. The summed E-state index contributed by atoms with van der Waals surface area (Å²) >= 11 is 0. The monoisotopic (exact) mass is 326 g/mol. The van der Waals surface area contributed by atoms with Gasteiger partial charge < -0.3 is 14.6 Å². The van der Waals surface area contributed by atoms with Crippen molar-refractivity contribution in [3.05, 3.63) is 36.1 Å². The lowest BCUT2D eigenvalue weighted by molar-refractivity contribution is -0.133. The first-order valence-electron chi connectivity index (χ1n) is 9.10. The first-order chi connectivity index (χ1) is 11.6. The highest BCUT2D eigenvalue weighted by atomic mass is 16.3. The molecular weight excluding hydrogens is 300 g/mol. The van der Waals surface area contributed by atoms with Crippen LogP contribution in [0.2, 0.25) is 0 Å². The second-order valence-corrected chi connectivity index (χ2v) is 7.55. The van der Waals surface area contributed by atoms with Gasteiger partial charge in [0.25, 0.3) is 0 Å². The molecule has 1 aromatic heterocycles. The third-order valence-corrected chi connectivity index (χ3v) is 5.86. The zero-order chi connectivity index (χ0) is 16.7. The van der Waals surface area contributed by atoms with Gasteiger partial charge in [0.05, 0.1) is 6.04 Å². The van der Waals surface area contributed by atoms with Crippen LogP contribution in [-0.2, 0) is 4.79 Å². The van der Waals surface area contributed by atoms with Crippen molar-refractivity contribution in [1.29, 1.82) is 0 Å². The molecule has 2 aromatic rings. The number of amides is 1. The number of furan rings is 1. The molecule has 0 radical (unpaired) electrons. The Balaban J connectivity index is 1.42. The van der Waals surface area contributed by atoms with E-state index < -0.39 is 0 Å². The molecule has 1 aromatic carbocycles. The second-order valence-electron chi connectivity index (χ2n) is 7.55. The molecule has 24 heavy (non-hydrogen) atoms. The number of nitrogens with zero attached hydrogens (tertiary/aromatic N) is 1. The molecule has 4 rings (SSSR count). The van der Waals surface area contributed by atoms with Crippen LogP contribution < -0.4 is 5.32 Å². The Morgan fingerprint density at radius 1 is 1.29 bits per heavy atom. The lowest BCUT2D eigenvalue weighted by atomic mass is 9.89. The van der Waals surface area contributed by atoms with Gasteiger partial charge in [0, 0.05) is 30.9 Å². The molecule has 0 aliphatic carbocycles. The van der Waals surface area contributed by atoms with Crippen LogP contribution in [0.5, 0.6) is 0 Å². The Bertz CT molecular complexity index is 693. The summed E-state index contributed by atoms with van der Waals surface area (Å²) in [5.41, 5.74) is 0.884. The average molecular weight is 326 g/mol. The number of hydrogen-bond acceptors (Lipinski definition) is 3. The molecule has 3 heterocycles. The van der Waals surface area contributed by atoms with E-state index in [2.05, 4.69) is 11.4 Å². The molecule has 3 atom stereocenters. The van der Waals surface area contributed by atoms with Crippen LogP contribution in [-0.4, -0.2) is 29.9 Å². The van der Waals surface area contributed by atoms with Gasteiger partial charge in [-0.3, -0.25) is 4.79 Å². The number of rotatable bonds is 4. The molecule has 2 saturated heterocycles. The smallest absolute Gasteiger partial charge is 0.223 e. The second kappa shape index (κ2) is 6.25. The van der Waals surface area contributed by atoms with Gasteiger partial charge in [-0.1, -0.05) is 18.2 Å². The summed E-state index contributed by atoms with van der Waals surface area (Å²) in [4.78, 5) is 14.6. The van der Waals surface area contributed by atoms with Crippen LogP contribution in [0.25, 0.3) is 11.0 Å². The zero-order valence-corrected chi connectivity index (χ0v) is 14.5. The minimum Gasteiger partial charge on any atom is -0.459 e. The van der Waals surface area contributed by atoms with Gasteiger partial charge in [0.15, 0.2) is 0 Å². The summed E-state index contributed by atoms with van der Waals surface area (Å²) in [6, 6.07) is 11.3. The highest BCUT2D eigenvalue weighted by Crippen LogP contribution is 2.34. The van der Waals surface area contributed by atoms with Crippen LogP contribution >= 0.6 is 0 Å². The van der Waals surface area contributed by atoms with Crippen molar-refractivity contribution in [1.82, 2.24) is 10.2 Å². The minimum absolute atomic E-state index is 0.0386. The summed E-state index contributed by atoms with van der Waals surface area (Å²) in [6.45, 7) is 2.04. The highest BCUT2D eigenvalue weighted by molar-refractivity contribution is 5.79. The molecule has 2 fully saturated rings. The molecule has 4 nitrogen and oxygen atoms in total. The van der Waals surface area contributed by atoms with Crippen LogP contribution in [0.4, 0.5) is 0 Å².